The van der Waals surface area contributed by atoms with Gasteiger partial charge in [0.1, 0.15) is 0 Å². The van der Waals surface area contributed by atoms with Crippen LogP contribution in [-0.2, 0) is 6.54 Å². The van der Waals surface area contributed by atoms with Gasteiger partial charge in [-0.3, -0.25) is 4.90 Å². The van der Waals surface area contributed by atoms with E-state index in [1.807, 2.05) is 22.9 Å². The monoisotopic (exact) mass is 324 g/mol. The zero-order valence-electron chi connectivity index (χ0n) is 14.8. The van der Waals surface area contributed by atoms with Gasteiger partial charge in [0.25, 0.3) is 0 Å². The number of nitrogens with one attached hydrogen (secondary N) is 1. The summed E-state index contributed by atoms with van der Waals surface area (Å²) in [5.41, 5.74) is 4.75. The van der Waals surface area contributed by atoms with Crippen molar-refractivity contribution in [2.24, 2.45) is 0 Å². The van der Waals surface area contributed by atoms with Gasteiger partial charge in [0, 0.05) is 30.9 Å². The molecular formula is C20H28N4. The van der Waals surface area contributed by atoms with E-state index in [0.29, 0.717) is 6.04 Å². The Hall–Kier alpha value is -1.91. The Balaban J connectivity index is 1.53. The Morgan fingerprint density at radius 1 is 1.25 bits per heavy atom. The van der Waals surface area contributed by atoms with E-state index in [-0.39, 0.29) is 0 Å². The molecule has 0 atom stereocenters. The van der Waals surface area contributed by atoms with Crippen molar-refractivity contribution in [2.45, 2.75) is 39.3 Å². The number of aryl methyl sites for hydroxylation is 1. The summed E-state index contributed by atoms with van der Waals surface area (Å²) in [7, 11) is 0. The lowest BCUT2D eigenvalue weighted by Gasteiger charge is -2.32. The van der Waals surface area contributed by atoms with Crippen molar-refractivity contribution in [1.29, 1.82) is 0 Å². The Labute approximate surface area is 145 Å². The van der Waals surface area contributed by atoms with Gasteiger partial charge < -0.3 is 5.32 Å². The second kappa shape index (κ2) is 7.77. The first-order valence-electron chi connectivity index (χ1n) is 8.82. The average molecular weight is 324 g/mol. The van der Waals surface area contributed by atoms with Crippen molar-refractivity contribution >= 4 is 0 Å². The fourth-order valence-electron chi connectivity index (χ4n) is 3.31. The van der Waals surface area contributed by atoms with Crippen LogP contribution in [0.1, 0.15) is 31.0 Å². The van der Waals surface area contributed by atoms with Crippen LogP contribution in [0.25, 0.3) is 5.69 Å². The molecule has 1 fully saturated rings. The average Bonchev–Trinajstić information content (AvgIpc) is 2.95. The number of benzene rings is 1. The van der Waals surface area contributed by atoms with Crippen LogP contribution in [-0.4, -0.2) is 40.4 Å². The number of nitrogens with zero attached hydrogens (tertiary/aromatic N) is 3. The number of likely N-dealkylation sites (tertiary alicyclic amines) is 1. The summed E-state index contributed by atoms with van der Waals surface area (Å²) in [6, 6.07) is 10.9. The lowest BCUT2D eigenvalue weighted by atomic mass is 10.0. The van der Waals surface area contributed by atoms with Gasteiger partial charge in [-0.1, -0.05) is 30.4 Å². The fraction of sp³-hybridized carbons (Fsp3) is 0.450. The van der Waals surface area contributed by atoms with E-state index >= 15 is 0 Å². The van der Waals surface area contributed by atoms with Crippen molar-refractivity contribution in [3.8, 4) is 5.69 Å². The molecule has 1 aromatic heterocycles. The first-order valence-corrected chi connectivity index (χ1v) is 8.82. The van der Waals surface area contributed by atoms with Crippen LogP contribution in [0.5, 0.6) is 0 Å². The van der Waals surface area contributed by atoms with Gasteiger partial charge in [0.15, 0.2) is 0 Å². The molecule has 0 spiro atoms. The second-order valence-corrected chi connectivity index (χ2v) is 6.91. The second-order valence-electron chi connectivity index (χ2n) is 6.91. The molecule has 0 amide bonds. The molecule has 24 heavy (non-hydrogen) atoms. The van der Waals surface area contributed by atoms with Gasteiger partial charge in [-0.05, 0) is 51.9 Å². The molecule has 4 nitrogen and oxygen atoms in total. The smallest absolute Gasteiger partial charge is 0.0645 e. The molecule has 0 aliphatic carbocycles. The summed E-state index contributed by atoms with van der Waals surface area (Å²) in [4.78, 5) is 2.50. The number of hydrogen-bond acceptors (Lipinski definition) is 3. The number of piperidine rings is 1. The highest BCUT2D eigenvalue weighted by molar-refractivity contribution is 5.32. The molecule has 0 radical (unpaired) electrons. The summed E-state index contributed by atoms with van der Waals surface area (Å²) in [5.74, 6) is 0. The van der Waals surface area contributed by atoms with E-state index in [4.69, 9.17) is 0 Å². The molecule has 3 rings (SSSR count). The van der Waals surface area contributed by atoms with Crippen LogP contribution in [0.3, 0.4) is 0 Å². The first kappa shape index (κ1) is 16.9. The van der Waals surface area contributed by atoms with E-state index in [9.17, 15) is 0 Å². The Morgan fingerprint density at radius 3 is 2.62 bits per heavy atom. The minimum absolute atomic E-state index is 0.603. The van der Waals surface area contributed by atoms with Gasteiger partial charge in [-0.25, -0.2) is 4.68 Å². The number of aromatic nitrogens is 2. The molecule has 0 saturated carbocycles. The van der Waals surface area contributed by atoms with E-state index in [0.717, 1.165) is 37.6 Å². The molecule has 128 valence electrons. The maximum Gasteiger partial charge on any atom is 0.0645 e. The Kier molecular flexibility index (Phi) is 5.48. The lowest BCUT2D eigenvalue weighted by Crippen LogP contribution is -2.42. The molecule has 2 heterocycles. The summed E-state index contributed by atoms with van der Waals surface area (Å²) in [5, 5.41) is 8.36. The third kappa shape index (κ3) is 4.34. The molecule has 1 aromatic carbocycles. The quantitative estimate of drug-likeness (QED) is 0.828. The molecular weight excluding hydrogens is 296 g/mol. The van der Waals surface area contributed by atoms with E-state index < -0.39 is 0 Å². The highest BCUT2D eigenvalue weighted by Crippen LogP contribution is 2.15. The lowest BCUT2D eigenvalue weighted by molar-refractivity contribution is 0.211. The molecule has 2 aromatic rings. The Morgan fingerprint density at radius 2 is 1.96 bits per heavy atom. The van der Waals surface area contributed by atoms with Crippen LogP contribution in [0.4, 0.5) is 0 Å². The SMILES string of the molecule is C=C(C)CN1CCC(NCc2cn(-c3ccccc3)nc2C)CC1. The normalized spacial score (nSPS) is 16.4. The summed E-state index contributed by atoms with van der Waals surface area (Å²) in [6.45, 7) is 12.5. The fourth-order valence-corrected chi connectivity index (χ4v) is 3.31. The number of para-hydroxylation sites is 1. The zero-order chi connectivity index (χ0) is 16.9. The van der Waals surface area contributed by atoms with Crippen molar-refractivity contribution in [3.05, 3.63) is 59.9 Å². The molecule has 0 unspecified atom stereocenters. The van der Waals surface area contributed by atoms with Crippen LogP contribution in [0.2, 0.25) is 0 Å². The standard InChI is InChI=1S/C20H28N4/c1-16(2)14-23-11-9-19(10-12-23)21-13-18-15-24(22-17(18)3)20-7-5-4-6-8-20/h4-8,15,19,21H,1,9-14H2,2-3H3. The first-order chi connectivity index (χ1) is 11.6. The van der Waals surface area contributed by atoms with E-state index in [2.05, 4.69) is 54.1 Å². The topological polar surface area (TPSA) is 33.1 Å². The minimum atomic E-state index is 0.603. The van der Waals surface area contributed by atoms with Gasteiger partial charge in [-0.2, -0.15) is 5.10 Å². The minimum Gasteiger partial charge on any atom is -0.310 e. The zero-order valence-corrected chi connectivity index (χ0v) is 14.8. The maximum atomic E-state index is 4.65. The number of hydrogen-bond donors (Lipinski definition) is 1. The predicted octanol–water partition coefficient (Wildman–Crippen LogP) is 3.31. The molecule has 4 heteroatoms. The van der Waals surface area contributed by atoms with Crippen LogP contribution in [0.15, 0.2) is 48.7 Å². The molecule has 1 aliphatic rings. The third-order valence-corrected chi connectivity index (χ3v) is 4.68. The number of rotatable bonds is 6. The summed E-state index contributed by atoms with van der Waals surface area (Å²) < 4.78 is 1.97. The van der Waals surface area contributed by atoms with Gasteiger partial charge in [0.2, 0.25) is 0 Å². The van der Waals surface area contributed by atoms with Crippen LogP contribution in [0, 0.1) is 6.92 Å². The Bertz CT molecular complexity index is 666. The molecule has 1 N–H and O–H groups in total. The summed E-state index contributed by atoms with van der Waals surface area (Å²) >= 11 is 0. The molecule has 0 bridgehead atoms. The van der Waals surface area contributed by atoms with Crippen molar-refractivity contribution in [1.82, 2.24) is 20.0 Å². The van der Waals surface area contributed by atoms with Crippen molar-refractivity contribution in [3.63, 3.8) is 0 Å². The van der Waals surface area contributed by atoms with Crippen LogP contribution < -0.4 is 5.32 Å². The van der Waals surface area contributed by atoms with Crippen molar-refractivity contribution < 1.29 is 0 Å². The maximum absolute atomic E-state index is 4.65. The summed E-state index contributed by atoms with van der Waals surface area (Å²) in [6.07, 6.45) is 4.56. The van der Waals surface area contributed by atoms with Gasteiger partial charge in [0.05, 0.1) is 11.4 Å². The molecule has 1 saturated heterocycles. The largest absolute Gasteiger partial charge is 0.310 e. The third-order valence-electron chi connectivity index (χ3n) is 4.68. The predicted molar refractivity (Wildman–Crippen MR) is 99.4 cm³/mol. The van der Waals surface area contributed by atoms with Crippen LogP contribution >= 0.6 is 0 Å². The van der Waals surface area contributed by atoms with Gasteiger partial charge >= 0.3 is 0 Å². The van der Waals surface area contributed by atoms with E-state index in [1.54, 1.807) is 0 Å². The van der Waals surface area contributed by atoms with E-state index in [1.165, 1.54) is 24.0 Å². The van der Waals surface area contributed by atoms with Crippen molar-refractivity contribution in [2.75, 3.05) is 19.6 Å². The highest BCUT2D eigenvalue weighted by atomic mass is 15.3. The highest BCUT2D eigenvalue weighted by Gasteiger charge is 2.19. The molecule has 1 aliphatic heterocycles. The van der Waals surface area contributed by atoms with Gasteiger partial charge in [-0.15, -0.1) is 0 Å².